The van der Waals surface area contributed by atoms with Crippen molar-refractivity contribution in [2.24, 2.45) is 0 Å². The molecular weight excluding hydrogens is 278 g/mol. The first-order valence-electron chi connectivity index (χ1n) is 8.13. The monoisotopic (exact) mass is 301 g/mol. The fraction of sp³-hybridized carbons (Fsp3) is 0.529. The number of nitrogens with zero attached hydrogens (tertiary/aromatic N) is 1. The number of imidazole rings is 1. The van der Waals surface area contributed by atoms with Crippen molar-refractivity contribution in [1.29, 1.82) is 0 Å². The van der Waals surface area contributed by atoms with Crippen molar-refractivity contribution in [3.8, 4) is 0 Å². The number of carbonyl (C=O) groups is 1. The summed E-state index contributed by atoms with van der Waals surface area (Å²) in [5, 5.41) is 2.97. The highest BCUT2D eigenvalue weighted by Gasteiger charge is 2.16. The minimum absolute atomic E-state index is 0.125. The zero-order chi connectivity index (χ0) is 15.2. The van der Waals surface area contributed by atoms with Gasteiger partial charge in [-0.25, -0.2) is 4.98 Å². The lowest BCUT2D eigenvalue weighted by molar-refractivity contribution is -0.121. The van der Waals surface area contributed by atoms with Crippen molar-refractivity contribution < 1.29 is 9.53 Å². The minimum atomic E-state index is 0.125. The molecule has 3 rings (SSSR count). The Morgan fingerprint density at radius 2 is 2.32 bits per heavy atom. The molecule has 0 saturated carbocycles. The summed E-state index contributed by atoms with van der Waals surface area (Å²) in [6.07, 6.45) is 5.67. The van der Waals surface area contributed by atoms with Crippen molar-refractivity contribution in [3.05, 3.63) is 30.1 Å². The van der Waals surface area contributed by atoms with Crippen molar-refractivity contribution in [2.45, 2.75) is 44.6 Å². The number of para-hydroxylation sites is 2. The molecule has 0 aliphatic carbocycles. The van der Waals surface area contributed by atoms with Crippen molar-refractivity contribution >= 4 is 16.9 Å². The van der Waals surface area contributed by atoms with Gasteiger partial charge in [0.1, 0.15) is 5.82 Å². The van der Waals surface area contributed by atoms with Gasteiger partial charge in [0.15, 0.2) is 0 Å². The van der Waals surface area contributed by atoms with Gasteiger partial charge in [-0.05, 0) is 37.8 Å². The van der Waals surface area contributed by atoms with Crippen LogP contribution in [-0.4, -0.2) is 35.1 Å². The molecule has 1 amide bonds. The quantitative estimate of drug-likeness (QED) is 0.772. The molecule has 0 radical (unpaired) electrons. The van der Waals surface area contributed by atoms with E-state index in [9.17, 15) is 4.79 Å². The van der Waals surface area contributed by atoms with Crippen LogP contribution in [0.25, 0.3) is 11.0 Å². The van der Waals surface area contributed by atoms with Crippen LogP contribution in [-0.2, 0) is 16.0 Å². The summed E-state index contributed by atoms with van der Waals surface area (Å²) in [5.41, 5.74) is 2.07. The Balaban J connectivity index is 1.33. The molecule has 1 aliphatic rings. The molecule has 2 heterocycles. The summed E-state index contributed by atoms with van der Waals surface area (Å²) in [5.74, 6) is 1.11. The van der Waals surface area contributed by atoms with E-state index in [4.69, 9.17) is 4.74 Å². The lowest BCUT2D eigenvalue weighted by Gasteiger charge is -2.09. The van der Waals surface area contributed by atoms with Crippen LogP contribution >= 0.6 is 0 Å². The van der Waals surface area contributed by atoms with Crippen LogP contribution in [0.15, 0.2) is 24.3 Å². The van der Waals surface area contributed by atoms with Crippen LogP contribution in [0.2, 0.25) is 0 Å². The Kier molecular flexibility index (Phi) is 5.06. The molecule has 1 fully saturated rings. The third-order valence-corrected chi connectivity index (χ3v) is 4.07. The molecule has 1 aliphatic heterocycles. The van der Waals surface area contributed by atoms with Gasteiger partial charge in [0.25, 0.3) is 0 Å². The lowest BCUT2D eigenvalue weighted by Crippen LogP contribution is -2.25. The summed E-state index contributed by atoms with van der Waals surface area (Å²) in [6.45, 7) is 1.55. The molecular formula is C17H23N3O2. The first kappa shape index (κ1) is 15.0. The maximum Gasteiger partial charge on any atom is 0.220 e. The number of aromatic amines is 1. The van der Waals surface area contributed by atoms with Gasteiger partial charge in [0, 0.05) is 26.0 Å². The van der Waals surface area contributed by atoms with E-state index in [-0.39, 0.29) is 5.91 Å². The first-order chi connectivity index (χ1) is 10.8. The number of aryl methyl sites for hydroxylation is 1. The van der Waals surface area contributed by atoms with Gasteiger partial charge in [-0.3, -0.25) is 4.79 Å². The van der Waals surface area contributed by atoms with E-state index in [0.29, 0.717) is 19.1 Å². The predicted octanol–water partition coefficient (Wildman–Crippen LogP) is 2.57. The Morgan fingerprint density at radius 1 is 1.41 bits per heavy atom. The highest BCUT2D eigenvalue weighted by atomic mass is 16.5. The predicted molar refractivity (Wildman–Crippen MR) is 85.6 cm³/mol. The fourth-order valence-electron chi connectivity index (χ4n) is 2.86. The number of benzene rings is 1. The maximum absolute atomic E-state index is 11.8. The highest BCUT2D eigenvalue weighted by molar-refractivity contribution is 5.76. The van der Waals surface area contributed by atoms with Crippen molar-refractivity contribution in [2.75, 3.05) is 13.2 Å². The second kappa shape index (κ2) is 7.40. The molecule has 118 valence electrons. The third-order valence-electron chi connectivity index (χ3n) is 4.07. The molecule has 1 saturated heterocycles. The Labute approximate surface area is 130 Å². The Morgan fingerprint density at radius 3 is 3.14 bits per heavy atom. The molecule has 0 bridgehead atoms. The number of rotatable bonds is 7. The molecule has 1 aromatic heterocycles. The van der Waals surface area contributed by atoms with Gasteiger partial charge in [-0.2, -0.15) is 0 Å². The number of aromatic nitrogens is 2. The van der Waals surface area contributed by atoms with Gasteiger partial charge >= 0.3 is 0 Å². The molecule has 0 spiro atoms. The van der Waals surface area contributed by atoms with Gasteiger partial charge in [0.05, 0.1) is 17.1 Å². The number of hydrogen-bond acceptors (Lipinski definition) is 3. The first-order valence-corrected chi connectivity index (χ1v) is 8.13. The smallest absolute Gasteiger partial charge is 0.220 e. The van der Waals surface area contributed by atoms with Crippen molar-refractivity contribution in [3.63, 3.8) is 0 Å². The molecule has 1 aromatic carbocycles. The summed E-state index contributed by atoms with van der Waals surface area (Å²) < 4.78 is 5.52. The van der Waals surface area contributed by atoms with E-state index in [1.165, 1.54) is 0 Å². The number of fused-ring (bicyclic) bond motifs is 1. The standard InChI is InChI=1S/C17H23N3O2/c21-17(10-9-13-5-4-12-22-13)18-11-3-8-16-19-14-6-1-2-7-15(14)20-16/h1-2,6-7,13H,3-5,8-12H2,(H,18,21)(H,19,20)/t13-/m1/s1. The van der Waals surface area contributed by atoms with Crippen LogP contribution in [0.5, 0.6) is 0 Å². The van der Waals surface area contributed by atoms with Gasteiger partial charge < -0.3 is 15.0 Å². The number of H-pyrrole nitrogens is 1. The number of ether oxygens (including phenoxy) is 1. The van der Waals surface area contributed by atoms with E-state index in [0.717, 1.165) is 55.6 Å². The lowest BCUT2D eigenvalue weighted by atomic mass is 10.1. The van der Waals surface area contributed by atoms with E-state index in [1.54, 1.807) is 0 Å². The number of amides is 1. The van der Waals surface area contributed by atoms with Crippen LogP contribution in [0.3, 0.4) is 0 Å². The van der Waals surface area contributed by atoms with E-state index < -0.39 is 0 Å². The largest absolute Gasteiger partial charge is 0.378 e. The molecule has 5 heteroatoms. The summed E-state index contributed by atoms with van der Waals surface area (Å²) in [4.78, 5) is 19.6. The van der Waals surface area contributed by atoms with Crippen molar-refractivity contribution in [1.82, 2.24) is 15.3 Å². The SMILES string of the molecule is O=C(CC[C@H]1CCCO1)NCCCc1nc2ccccc2[nH]1. The summed E-state index contributed by atoms with van der Waals surface area (Å²) >= 11 is 0. The minimum Gasteiger partial charge on any atom is -0.378 e. The zero-order valence-corrected chi connectivity index (χ0v) is 12.8. The van der Waals surface area contributed by atoms with Crippen LogP contribution in [0.4, 0.5) is 0 Å². The average molecular weight is 301 g/mol. The zero-order valence-electron chi connectivity index (χ0n) is 12.8. The number of hydrogen-bond donors (Lipinski definition) is 2. The van der Waals surface area contributed by atoms with E-state index in [1.807, 2.05) is 24.3 Å². The van der Waals surface area contributed by atoms with Crippen LogP contribution < -0.4 is 5.32 Å². The molecule has 1 atom stereocenters. The Hall–Kier alpha value is -1.88. The summed E-state index contributed by atoms with van der Waals surface area (Å²) in [7, 11) is 0. The van der Waals surface area contributed by atoms with E-state index >= 15 is 0 Å². The normalized spacial score (nSPS) is 17.9. The molecule has 5 nitrogen and oxygen atoms in total. The Bertz CT molecular complexity index is 584. The number of nitrogens with one attached hydrogen (secondary N) is 2. The molecule has 22 heavy (non-hydrogen) atoms. The number of carbonyl (C=O) groups excluding carboxylic acids is 1. The van der Waals surface area contributed by atoms with Crippen LogP contribution in [0.1, 0.15) is 37.9 Å². The van der Waals surface area contributed by atoms with E-state index in [2.05, 4.69) is 15.3 Å². The maximum atomic E-state index is 11.8. The van der Waals surface area contributed by atoms with Crippen LogP contribution in [0, 0.1) is 0 Å². The molecule has 2 N–H and O–H groups in total. The van der Waals surface area contributed by atoms with Gasteiger partial charge in [-0.15, -0.1) is 0 Å². The molecule has 2 aromatic rings. The average Bonchev–Trinajstić information content (AvgIpc) is 3.18. The molecule has 0 unspecified atom stereocenters. The fourth-order valence-corrected chi connectivity index (χ4v) is 2.86. The highest BCUT2D eigenvalue weighted by Crippen LogP contribution is 2.16. The topological polar surface area (TPSA) is 67.0 Å². The second-order valence-electron chi connectivity index (χ2n) is 5.83. The third kappa shape index (κ3) is 4.07. The van der Waals surface area contributed by atoms with Gasteiger partial charge in [-0.1, -0.05) is 12.1 Å². The second-order valence-corrected chi connectivity index (χ2v) is 5.83. The summed E-state index contributed by atoms with van der Waals surface area (Å²) in [6, 6.07) is 8.01. The van der Waals surface area contributed by atoms with Gasteiger partial charge in [0.2, 0.25) is 5.91 Å².